The molecule has 2 heterocycles. The number of carbonyl (C=O) groups excluding carboxylic acids is 3. The van der Waals surface area contributed by atoms with Gasteiger partial charge in [0, 0.05) is 27.3 Å². The maximum absolute atomic E-state index is 13.8. The molecule has 2 aromatic rings. The fraction of sp³-hybridized carbons (Fsp3) is 0.519. The zero-order valence-corrected chi connectivity index (χ0v) is 24.4. The van der Waals surface area contributed by atoms with Crippen molar-refractivity contribution in [2.45, 2.75) is 78.4 Å². The third kappa shape index (κ3) is 5.52. The highest BCUT2D eigenvalue weighted by Gasteiger charge is 2.57. The summed E-state index contributed by atoms with van der Waals surface area (Å²) in [6.45, 7) is 10.9. The standard InChI is InChI=1S/C27H32F2IN3O5/c1-25(2,3)37-23(35)32-13-9-15-18(32)8-7-16(19(15)31-22(34)27(11-12-27)21(28)29)20-17(30)10-14-33(20)24(36)38-26(4,5)6/h7-9,13,21H,10-12,14H2,1-6H3,(H,31,34). The first kappa shape index (κ1) is 28.3. The van der Waals surface area contributed by atoms with E-state index in [1.807, 2.05) is 0 Å². The molecule has 1 aromatic heterocycles. The summed E-state index contributed by atoms with van der Waals surface area (Å²) in [5.74, 6) is -0.788. The summed E-state index contributed by atoms with van der Waals surface area (Å²) in [6, 6.07) is 4.99. The van der Waals surface area contributed by atoms with Gasteiger partial charge < -0.3 is 14.8 Å². The van der Waals surface area contributed by atoms with Crippen molar-refractivity contribution in [2.24, 2.45) is 5.41 Å². The zero-order chi connectivity index (χ0) is 28.2. The number of ether oxygens (including phenoxy) is 2. The van der Waals surface area contributed by atoms with Gasteiger partial charge in [-0.05, 0) is 102 Å². The fourth-order valence-corrected chi connectivity index (χ4v) is 5.14. The number of alkyl halides is 2. The largest absolute Gasteiger partial charge is 0.443 e. The van der Waals surface area contributed by atoms with Gasteiger partial charge in [-0.25, -0.2) is 18.4 Å². The topological polar surface area (TPSA) is 89.9 Å². The minimum Gasteiger partial charge on any atom is -0.443 e. The second-order valence-corrected chi connectivity index (χ2v) is 12.9. The van der Waals surface area contributed by atoms with Crippen LogP contribution in [0.5, 0.6) is 0 Å². The first-order chi connectivity index (χ1) is 17.5. The Bertz CT molecular complexity index is 1330. The van der Waals surface area contributed by atoms with Crippen LogP contribution in [-0.4, -0.2) is 51.7 Å². The number of nitrogens with zero attached hydrogens (tertiary/aromatic N) is 2. The van der Waals surface area contributed by atoms with Crippen LogP contribution in [0, 0.1) is 5.41 Å². The number of hydrogen-bond acceptors (Lipinski definition) is 5. The molecule has 0 atom stereocenters. The SMILES string of the molecule is CC(C)(C)OC(=O)N1CCC(I)=C1c1ccc2c(ccn2C(=O)OC(C)(C)C)c1NC(=O)C1(C(F)F)CC1. The third-order valence-electron chi connectivity index (χ3n) is 6.31. The van der Waals surface area contributed by atoms with E-state index in [9.17, 15) is 23.2 Å². The van der Waals surface area contributed by atoms with Gasteiger partial charge in [0.1, 0.15) is 16.6 Å². The van der Waals surface area contributed by atoms with Gasteiger partial charge in [0.25, 0.3) is 6.43 Å². The summed E-state index contributed by atoms with van der Waals surface area (Å²) in [7, 11) is 0. The molecule has 0 unspecified atom stereocenters. The van der Waals surface area contributed by atoms with E-state index in [4.69, 9.17) is 9.47 Å². The predicted molar refractivity (Wildman–Crippen MR) is 148 cm³/mol. The van der Waals surface area contributed by atoms with Crippen LogP contribution >= 0.6 is 22.6 Å². The number of amides is 2. The Morgan fingerprint density at radius 1 is 1.00 bits per heavy atom. The van der Waals surface area contributed by atoms with Crippen molar-refractivity contribution < 1.29 is 32.6 Å². The molecule has 1 N–H and O–H groups in total. The molecule has 4 rings (SSSR count). The maximum Gasteiger partial charge on any atom is 0.418 e. The Morgan fingerprint density at radius 3 is 2.16 bits per heavy atom. The number of nitrogens with one attached hydrogen (secondary N) is 1. The van der Waals surface area contributed by atoms with E-state index in [-0.39, 0.29) is 18.5 Å². The van der Waals surface area contributed by atoms with E-state index >= 15 is 0 Å². The number of hydrogen-bond donors (Lipinski definition) is 1. The Morgan fingerprint density at radius 2 is 1.61 bits per heavy atom. The van der Waals surface area contributed by atoms with Crippen molar-refractivity contribution in [1.82, 2.24) is 9.47 Å². The van der Waals surface area contributed by atoms with Gasteiger partial charge in [-0.3, -0.25) is 14.3 Å². The van der Waals surface area contributed by atoms with Gasteiger partial charge in [0.05, 0.1) is 16.9 Å². The molecule has 0 radical (unpaired) electrons. The summed E-state index contributed by atoms with van der Waals surface area (Å²) in [4.78, 5) is 40.6. The van der Waals surface area contributed by atoms with Gasteiger partial charge in [0.2, 0.25) is 5.91 Å². The van der Waals surface area contributed by atoms with Gasteiger partial charge in [-0.1, -0.05) is 0 Å². The molecule has 1 aliphatic heterocycles. The number of fused-ring (bicyclic) bond motifs is 1. The molecule has 0 bridgehead atoms. The van der Waals surface area contributed by atoms with E-state index in [1.165, 1.54) is 15.7 Å². The molecule has 0 saturated heterocycles. The van der Waals surface area contributed by atoms with Crippen molar-refractivity contribution in [1.29, 1.82) is 0 Å². The van der Waals surface area contributed by atoms with E-state index in [0.717, 1.165) is 3.58 Å². The minimum atomic E-state index is -2.80. The number of benzene rings is 1. The van der Waals surface area contributed by atoms with Crippen LogP contribution in [0.1, 0.15) is 66.4 Å². The number of anilines is 1. The second kappa shape index (κ2) is 9.80. The lowest BCUT2D eigenvalue weighted by Crippen LogP contribution is -2.35. The highest BCUT2D eigenvalue weighted by molar-refractivity contribution is 14.1. The van der Waals surface area contributed by atoms with Gasteiger partial charge in [0.15, 0.2) is 0 Å². The summed E-state index contributed by atoms with van der Waals surface area (Å²) >= 11 is 2.15. The molecule has 11 heteroatoms. The van der Waals surface area contributed by atoms with Crippen molar-refractivity contribution >= 4 is 63.0 Å². The number of rotatable bonds is 4. The maximum atomic E-state index is 13.8. The summed E-state index contributed by atoms with van der Waals surface area (Å²) in [5.41, 5.74) is -1.51. The van der Waals surface area contributed by atoms with Crippen LogP contribution in [-0.2, 0) is 14.3 Å². The molecule has 0 spiro atoms. The summed E-state index contributed by atoms with van der Waals surface area (Å²) < 4.78 is 40.9. The van der Waals surface area contributed by atoms with E-state index < -0.39 is 41.1 Å². The van der Waals surface area contributed by atoms with Gasteiger partial charge in [-0.2, -0.15) is 0 Å². The van der Waals surface area contributed by atoms with E-state index in [0.29, 0.717) is 35.1 Å². The van der Waals surface area contributed by atoms with E-state index in [1.54, 1.807) is 59.7 Å². The summed E-state index contributed by atoms with van der Waals surface area (Å²) in [5, 5.41) is 3.20. The van der Waals surface area contributed by atoms with Crippen LogP contribution in [0.2, 0.25) is 0 Å². The lowest BCUT2D eigenvalue weighted by Gasteiger charge is -2.27. The van der Waals surface area contributed by atoms with Crippen molar-refractivity contribution in [3.8, 4) is 0 Å². The van der Waals surface area contributed by atoms with Crippen LogP contribution in [0.15, 0.2) is 28.0 Å². The Balaban J connectivity index is 1.84. The molecule has 8 nitrogen and oxygen atoms in total. The molecule has 38 heavy (non-hydrogen) atoms. The lowest BCUT2D eigenvalue weighted by atomic mass is 10.0. The zero-order valence-electron chi connectivity index (χ0n) is 22.3. The van der Waals surface area contributed by atoms with Crippen molar-refractivity contribution in [3.63, 3.8) is 0 Å². The van der Waals surface area contributed by atoms with Crippen LogP contribution in [0.25, 0.3) is 16.6 Å². The van der Waals surface area contributed by atoms with E-state index in [2.05, 4.69) is 27.9 Å². The first-order valence-corrected chi connectivity index (χ1v) is 13.5. The van der Waals surface area contributed by atoms with Crippen LogP contribution < -0.4 is 5.32 Å². The van der Waals surface area contributed by atoms with Crippen LogP contribution in [0.3, 0.4) is 0 Å². The van der Waals surface area contributed by atoms with Gasteiger partial charge in [-0.15, -0.1) is 0 Å². The van der Waals surface area contributed by atoms with Crippen LogP contribution in [0.4, 0.5) is 24.1 Å². The Kier molecular flexibility index (Phi) is 7.30. The molecule has 206 valence electrons. The third-order valence-corrected chi connectivity index (χ3v) is 7.36. The highest BCUT2D eigenvalue weighted by Crippen LogP contribution is 2.52. The lowest BCUT2D eigenvalue weighted by molar-refractivity contribution is -0.126. The normalized spacial score (nSPS) is 17.3. The monoisotopic (exact) mass is 643 g/mol. The molecule has 1 fully saturated rings. The Labute approximate surface area is 233 Å². The van der Waals surface area contributed by atoms with Crippen molar-refractivity contribution in [3.05, 3.63) is 33.5 Å². The predicted octanol–water partition coefficient (Wildman–Crippen LogP) is 7.15. The molecule has 1 aromatic carbocycles. The molecule has 2 amide bonds. The second-order valence-electron chi connectivity index (χ2n) is 11.6. The average molecular weight is 643 g/mol. The smallest absolute Gasteiger partial charge is 0.418 e. The number of halogens is 3. The summed E-state index contributed by atoms with van der Waals surface area (Å²) in [6.07, 6.45) is -1.71. The molecule has 1 aliphatic carbocycles. The molecule has 1 saturated carbocycles. The van der Waals surface area contributed by atoms with Gasteiger partial charge >= 0.3 is 12.2 Å². The number of aromatic nitrogens is 1. The highest BCUT2D eigenvalue weighted by atomic mass is 127. The van der Waals surface area contributed by atoms with Crippen molar-refractivity contribution in [2.75, 3.05) is 11.9 Å². The fourth-order valence-electron chi connectivity index (χ4n) is 4.31. The quantitative estimate of drug-likeness (QED) is 0.358. The average Bonchev–Trinajstić information content (AvgIpc) is 3.34. The minimum absolute atomic E-state index is 0.0883. The molecular weight excluding hydrogens is 611 g/mol. The molecule has 2 aliphatic rings. The molecular formula is C27H32F2IN3O5. The Hall–Kier alpha value is -2.70. The first-order valence-electron chi connectivity index (χ1n) is 12.4. The number of carbonyl (C=O) groups is 3.